The van der Waals surface area contributed by atoms with Gasteiger partial charge in [-0.25, -0.2) is 9.78 Å². The van der Waals surface area contributed by atoms with Gasteiger partial charge >= 0.3 is 6.09 Å². The maximum absolute atomic E-state index is 10.7. The highest BCUT2D eigenvalue weighted by molar-refractivity contribution is 6.09. The molecule has 1 aliphatic rings. The van der Waals surface area contributed by atoms with Crippen molar-refractivity contribution in [2.45, 2.75) is 52.6 Å². The van der Waals surface area contributed by atoms with Gasteiger partial charge in [-0.2, -0.15) is 4.98 Å². The molecule has 2 aromatic carbocycles. The average Bonchev–Trinajstić information content (AvgIpc) is 3.65. The number of likely N-dealkylation sites (tertiary alicyclic amines) is 1. The Balaban J connectivity index is 0.000000338. The number of nitrogens with one attached hydrogen (secondary N) is 1. The number of nitrogens with two attached hydrogens (primary N) is 2. The molecule has 0 spiro atoms. The van der Waals surface area contributed by atoms with Crippen LogP contribution in [0.15, 0.2) is 42.5 Å². The summed E-state index contributed by atoms with van der Waals surface area (Å²) in [6.07, 6.45) is 4.21. The van der Waals surface area contributed by atoms with Crippen molar-refractivity contribution in [3.63, 3.8) is 0 Å². The third-order valence-corrected chi connectivity index (χ3v) is 6.89. The van der Waals surface area contributed by atoms with Crippen molar-refractivity contribution in [2.24, 2.45) is 5.73 Å². The first-order valence-electron chi connectivity index (χ1n) is 14.5. The molecule has 0 unspecified atom stereocenters. The molecule has 3 heterocycles. The number of aromatic nitrogens is 3. The number of benzene rings is 2. The first-order chi connectivity index (χ1) is 20.4. The Morgan fingerprint density at radius 3 is 2.45 bits per heavy atom. The van der Waals surface area contributed by atoms with Crippen molar-refractivity contribution in [2.75, 3.05) is 51.5 Å². The van der Waals surface area contributed by atoms with Gasteiger partial charge < -0.3 is 40.8 Å². The van der Waals surface area contributed by atoms with Crippen molar-refractivity contribution in [3.05, 3.63) is 53.6 Å². The second kappa shape index (κ2) is 16.4. The minimum atomic E-state index is -0.187. The molecule has 0 atom stereocenters. The van der Waals surface area contributed by atoms with Crippen LogP contribution in [0, 0.1) is 0 Å². The van der Waals surface area contributed by atoms with Crippen LogP contribution >= 0.6 is 0 Å². The number of ether oxygens (including phenoxy) is 2. The summed E-state index contributed by atoms with van der Waals surface area (Å²) in [4.78, 5) is 21.6. The third kappa shape index (κ3) is 8.01. The van der Waals surface area contributed by atoms with Crippen molar-refractivity contribution in [1.29, 1.82) is 0 Å². The number of aliphatic hydroxyl groups excluding tert-OH is 1. The van der Waals surface area contributed by atoms with E-state index in [1.165, 1.54) is 7.11 Å². The Kier molecular flexibility index (Phi) is 12.6. The van der Waals surface area contributed by atoms with Gasteiger partial charge in [0, 0.05) is 43.7 Å². The molecule has 0 saturated carbocycles. The third-order valence-electron chi connectivity index (χ3n) is 6.89. The first kappa shape index (κ1) is 32.4. The van der Waals surface area contributed by atoms with Crippen LogP contribution in [-0.2, 0) is 17.8 Å². The molecule has 228 valence electrons. The molecule has 42 heavy (non-hydrogen) atoms. The Bertz CT molecular complexity index is 1430. The van der Waals surface area contributed by atoms with E-state index in [0.717, 1.165) is 89.9 Å². The minimum Gasteiger partial charge on any atom is -0.496 e. The molecule has 1 saturated heterocycles. The van der Waals surface area contributed by atoms with Gasteiger partial charge in [0.1, 0.15) is 16.8 Å². The topological polar surface area (TPSA) is 154 Å². The fourth-order valence-corrected chi connectivity index (χ4v) is 4.90. The summed E-state index contributed by atoms with van der Waals surface area (Å²) in [7, 11) is 3.11. The first-order valence-corrected chi connectivity index (χ1v) is 14.5. The number of carbonyl (C=O) groups is 1. The molecular weight excluding hydrogens is 534 g/mol. The van der Waals surface area contributed by atoms with Crippen molar-refractivity contribution in [1.82, 2.24) is 19.4 Å². The molecule has 11 nitrogen and oxygen atoms in total. The van der Waals surface area contributed by atoms with Gasteiger partial charge in [-0.1, -0.05) is 37.6 Å². The lowest BCUT2D eigenvalue weighted by Gasteiger charge is -2.15. The van der Waals surface area contributed by atoms with E-state index in [9.17, 15) is 4.79 Å². The van der Waals surface area contributed by atoms with Gasteiger partial charge in [-0.15, -0.1) is 0 Å². The second-order valence-electron chi connectivity index (χ2n) is 9.84. The SMILES string of the molecule is CCCCNc1nc(N)nc2c3ccccc3n(Cc3cc(CN)ccc3OC)c12.CCO.COC(=O)N1CCCC1. The predicted octanol–water partition coefficient (Wildman–Crippen LogP) is 4.74. The molecule has 2 aromatic heterocycles. The lowest BCUT2D eigenvalue weighted by molar-refractivity contribution is 0.133. The monoisotopic (exact) mass is 579 g/mol. The normalized spacial score (nSPS) is 12.4. The lowest BCUT2D eigenvalue weighted by Crippen LogP contribution is -2.27. The van der Waals surface area contributed by atoms with Crippen LogP contribution in [0.2, 0.25) is 0 Å². The number of hydrogen-bond acceptors (Lipinski definition) is 9. The number of nitrogen functional groups attached to an aromatic ring is 1. The zero-order valence-corrected chi connectivity index (χ0v) is 25.2. The summed E-state index contributed by atoms with van der Waals surface area (Å²) >= 11 is 0. The highest BCUT2D eigenvalue weighted by Crippen LogP contribution is 2.34. The van der Waals surface area contributed by atoms with E-state index in [-0.39, 0.29) is 18.6 Å². The van der Waals surface area contributed by atoms with E-state index in [0.29, 0.717) is 13.1 Å². The average molecular weight is 580 g/mol. The molecule has 1 aliphatic heterocycles. The molecule has 6 N–H and O–H groups in total. The van der Waals surface area contributed by atoms with Gasteiger partial charge in [0.05, 0.1) is 26.3 Å². The summed E-state index contributed by atoms with van der Waals surface area (Å²) in [6, 6.07) is 14.3. The number of aliphatic hydroxyl groups is 1. The summed E-state index contributed by atoms with van der Waals surface area (Å²) in [5.41, 5.74) is 16.9. The van der Waals surface area contributed by atoms with E-state index in [1.54, 1.807) is 18.9 Å². The maximum Gasteiger partial charge on any atom is 0.409 e. The molecule has 4 aromatic rings. The number of fused-ring (bicyclic) bond motifs is 3. The van der Waals surface area contributed by atoms with E-state index in [1.807, 2.05) is 24.3 Å². The Morgan fingerprint density at radius 2 is 1.81 bits per heavy atom. The van der Waals surface area contributed by atoms with E-state index in [4.69, 9.17) is 21.3 Å². The van der Waals surface area contributed by atoms with Crippen LogP contribution in [0.1, 0.15) is 50.7 Å². The quantitative estimate of drug-likeness (QED) is 0.217. The Morgan fingerprint density at radius 1 is 1.10 bits per heavy atom. The van der Waals surface area contributed by atoms with Crippen molar-refractivity contribution < 1.29 is 19.4 Å². The maximum atomic E-state index is 10.7. The summed E-state index contributed by atoms with van der Waals surface area (Å²) < 4.78 is 12.4. The van der Waals surface area contributed by atoms with Gasteiger partial charge in [-0.3, -0.25) is 0 Å². The van der Waals surface area contributed by atoms with Crippen LogP contribution < -0.4 is 21.5 Å². The molecule has 0 radical (unpaired) electrons. The zero-order chi connectivity index (χ0) is 30.5. The largest absolute Gasteiger partial charge is 0.496 e. The molecule has 1 amide bonds. The molecular formula is C31H45N7O4. The van der Waals surface area contributed by atoms with E-state index >= 15 is 0 Å². The fraction of sp³-hybridized carbons (Fsp3) is 0.452. The highest BCUT2D eigenvalue weighted by atomic mass is 16.5. The van der Waals surface area contributed by atoms with Crippen LogP contribution in [0.4, 0.5) is 16.6 Å². The smallest absolute Gasteiger partial charge is 0.409 e. The van der Waals surface area contributed by atoms with Gasteiger partial charge in [0.2, 0.25) is 5.95 Å². The van der Waals surface area contributed by atoms with Crippen molar-refractivity contribution >= 4 is 39.8 Å². The number of unbranched alkanes of at least 4 members (excludes halogenated alkanes) is 1. The van der Waals surface area contributed by atoms with E-state index < -0.39 is 0 Å². The highest BCUT2D eigenvalue weighted by Gasteiger charge is 2.19. The number of carbonyl (C=O) groups excluding carboxylic acids is 1. The number of hydrogen-bond donors (Lipinski definition) is 4. The second-order valence-corrected chi connectivity index (χ2v) is 9.84. The number of rotatable bonds is 8. The van der Waals surface area contributed by atoms with Gasteiger partial charge in [0.15, 0.2) is 5.82 Å². The van der Waals surface area contributed by atoms with Gasteiger partial charge in [-0.05, 0) is 49.9 Å². The molecule has 0 bridgehead atoms. The number of amides is 1. The Labute approximate surface area is 247 Å². The number of anilines is 2. The Hall–Kier alpha value is -4.09. The van der Waals surface area contributed by atoms with Crippen molar-refractivity contribution in [3.8, 4) is 5.75 Å². The summed E-state index contributed by atoms with van der Waals surface area (Å²) in [5.74, 6) is 1.86. The van der Waals surface area contributed by atoms with Crippen LogP contribution in [0.5, 0.6) is 5.75 Å². The van der Waals surface area contributed by atoms with Crippen LogP contribution in [0.25, 0.3) is 21.9 Å². The molecule has 1 fully saturated rings. The number of methoxy groups -OCH3 is 2. The summed E-state index contributed by atoms with van der Waals surface area (Å²) in [5, 5.41) is 12.1. The van der Waals surface area contributed by atoms with Crippen LogP contribution in [0.3, 0.4) is 0 Å². The minimum absolute atomic E-state index is 0.187. The lowest BCUT2D eigenvalue weighted by atomic mass is 10.1. The molecule has 5 rings (SSSR count). The fourth-order valence-electron chi connectivity index (χ4n) is 4.90. The predicted molar refractivity (Wildman–Crippen MR) is 169 cm³/mol. The number of para-hydroxylation sites is 1. The number of nitrogens with zero attached hydrogens (tertiary/aromatic N) is 4. The van der Waals surface area contributed by atoms with Gasteiger partial charge in [0.25, 0.3) is 0 Å². The molecule has 0 aliphatic carbocycles. The standard InChI is InChI=1S/C23H28N6O.C6H11NO2.C2H6O/c1-3-4-11-26-22-21-20(27-23(25)28-22)17-7-5-6-8-18(17)29(21)14-16-12-15(13-24)9-10-19(16)30-2;1-9-6(8)7-4-2-3-5-7;1-2-3/h5-10,12H,3-4,11,13-14,24H2,1-2H3,(H3,25,26,27,28);2-5H2,1H3;3H,2H2,1H3. The van der Waals surface area contributed by atoms with Crippen LogP contribution in [-0.4, -0.2) is 71.1 Å². The molecule has 11 heteroatoms. The summed E-state index contributed by atoms with van der Waals surface area (Å²) in [6.45, 7) is 7.75. The van der Waals surface area contributed by atoms with E-state index in [2.05, 4.69) is 49.7 Å². The zero-order valence-electron chi connectivity index (χ0n) is 25.2.